The van der Waals surface area contributed by atoms with Crippen molar-refractivity contribution in [2.45, 2.75) is 46.1 Å². The first-order valence-electron chi connectivity index (χ1n) is 5.32. The molecule has 0 aromatic carbocycles. The van der Waals surface area contributed by atoms with Gasteiger partial charge in [0.2, 0.25) is 0 Å². The summed E-state index contributed by atoms with van der Waals surface area (Å²) in [4.78, 5) is 11.6. The molecule has 0 radical (unpaired) electrons. The second kappa shape index (κ2) is 4.96. The highest BCUT2D eigenvalue weighted by Crippen LogP contribution is 2.14. The van der Waals surface area contributed by atoms with E-state index in [2.05, 4.69) is 10.5 Å². The highest BCUT2D eigenvalue weighted by Gasteiger charge is 2.15. The Bertz CT molecular complexity index is 331. The molecule has 0 fully saturated rings. The van der Waals surface area contributed by atoms with Gasteiger partial charge in [0.1, 0.15) is 5.76 Å². The largest absolute Gasteiger partial charge is 0.360 e. The van der Waals surface area contributed by atoms with E-state index in [0.29, 0.717) is 5.69 Å². The third-order valence-electron chi connectivity index (χ3n) is 2.32. The van der Waals surface area contributed by atoms with E-state index in [0.717, 1.165) is 12.2 Å². The third-order valence-corrected chi connectivity index (χ3v) is 2.32. The van der Waals surface area contributed by atoms with Gasteiger partial charge in [-0.2, -0.15) is 0 Å². The molecule has 1 heterocycles. The predicted molar refractivity (Wildman–Crippen MR) is 57.8 cm³/mol. The lowest BCUT2D eigenvalue weighted by Gasteiger charge is -2.08. The maximum atomic E-state index is 11.6. The molecule has 0 aliphatic rings. The Kier molecular flexibility index (Phi) is 3.88. The van der Waals surface area contributed by atoms with Crippen molar-refractivity contribution in [1.29, 1.82) is 0 Å². The Morgan fingerprint density at radius 3 is 2.67 bits per heavy atom. The molecule has 0 unspecified atom stereocenters. The van der Waals surface area contributed by atoms with E-state index in [1.165, 1.54) is 0 Å². The van der Waals surface area contributed by atoms with Crippen molar-refractivity contribution in [2.75, 3.05) is 0 Å². The van der Waals surface area contributed by atoms with E-state index in [4.69, 9.17) is 4.52 Å². The van der Waals surface area contributed by atoms with Crippen LogP contribution in [0.4, 0.5) is 0 Å². The summed E-state index contributed by atoms with van der Waals surface area (Å²) in [6, 6.07) is 1.86. The van der Waals surface area contributed by atoms with Crippen molar-refractivity contribution in [3.63, 3.8) is 0 Å². The van der Waals surface area contributed by atoms with Crippen LogP contribution in [0.25, 0.3) is 0 Å². The Morgan fingerprint density at radius 1 is 1.53 bits per heavy atom. The highest BCUT2D eigenvalue weighted by molar-refractivity contribution is 5.92. The average Bonchev–Trinajstić information content (AvgIpc) is 2.66. The maximum Gasteiger partial charge on any atom is 0.273 e. The number of nitrogens with zero attached hydrogens (tertiary/aromatic N) is 1. The van der Waals surface area contributed by atoms with Crippen LogP contribution in [0.3, 0.4) is 0 Å². The molecule has 84 valence electrons. The van der Waals surface area contributed by atoms with Crippen molar-refractivity contribution in [1.82, 2.24) is 10.5 Å². The zero-order chi connectivity index (χ0) is 11.4. The fourth-order valence-corrected chi connectivity index (χ4v) is 1.07. The van der Waals surface area contributed by atoms with E-state index in [9.17, 15) is 4.79 Å². The predicted octanol–water partition coefficient (Wildman–Crippen LogP) is 2.33. The molecule has 1 rings (SSSR count). The van der Waals surface area contributed by atoms with Crippen LogP contribution in [0.15, 0.2) is 10.6 Å². The minimum Gasteiger partial charge on any atom is -0.360 e. The van der Waals surface area contributed by atoms with Gasteiger partial charge in [-0.3, -0.25) is 4.79 Å². The summed E-state index contributed by atoms with van der Waals surface area (Å²) in [5.41, 5.74) is 0.360. The van der Waals surface area contributed by atoms with Crippen LogP contribution in [0.5, 0.6) is 0 Å². The smallest absolute Gasteiger partial charge is 0.273 e. The van der Waals surface area contributed by atoms with Gasteiger partial charge >= 0.3 is 0 Å². The van der Waals surface area contributed by atoms with E-state index in [1.54, 1.807) is 6.07 Å². The van der Waals surface area contributed by atoms with Gasteiger partial charge in [-0.1, -0.05) is 25.9 Å². The average molecular weight is 210 g/mol. The minimum absolute atomic E-state index is 0.164. The molecular formula is C11H18N2O2. The van der Waals surface area contributed by atoms with Gasteiger partial charge < -0.3 is 9.84 Å². The Labute approximate surface area is 90.0 Å². The quantitative estimate of drug-likeness (QED) is 0.829. The number of carbonyl (C=O) groups is 1. The molecule has 1 atom stereocenters. The Morgan fingerprint density at radius 2 is 2.20 bits per heavy atom. The summed E-state index contributed by atoms with van der Waals surface area (Å²) < 4.78 is 5.05. The summed E-state index contributed by atoms with van der Waals surface area (Å²) in [7, 11) is 0. The molecular weight excluding hydrogens is 192 g/mol. The van der Waals surface area contributed by atoms with Crippen molar-refractivity contribution < 1.29 is 9.32 Å². The van der Waals surface area contributed by atoms with Gasteiger partial charge in [-0.05, 0) is 13.3 Å². The molecule has 1 amide bonds. The lowest BCUT2D eigenvalue weighted by molar-refractivity contribution is 0.0930. The summed E-state index contributed by atoms with van der Waals surface area (Å²) in [5.74, 6) is 0.826. The lowest BCUT2D eigenvalue weighted by Crippen LogP contribution is -2.32. The van der Waals surface area contributed by atoms with Crippen LogP contribution >= 0.6 is 0 Å². The monoisotopic (exact) mass is 210 g/mol. The molecule has 0 bridgehead atoms. The number of amides is 1. The fourth-order valence-electron chi connectivity index (χ4n) is 1.07. The van der Waals surface area contributed by atoms with Crippen LogP contribution in [0.1, 0.15) is 56.3 Å². The van der Waals surface area contributed by atoms with Gasteiger partial charge in [0.15, 0.2) is 5.69 Å². The molecule has 1 N–H and O–H groups in total. The number of nitrogens with one attached hydrogen (secondary N) is 1. The summed E-state index contributed by atoms with van der Waals surface area (Å²) in [5, 5.41) is 6.57. The number of rotatable bonds is 4. The fraction of sp³-hybridized carbons (Fsp3) is 0.636. The second-order valence-corrected chi connectivity index (χ2v) is 4.05. The normalized spacial score (nSPS) is 12.9. The molecule has 0 saturated carbocycles. The topological polar surface area (TPSA) is 55.1 Å². The van der Waals surface area contributed by atoms with E-state index in [1.807, 2.05) is 27.7 Å². The molecule has 4 nitrogen and oxygen atoms in total. The van der Waals surface area contributed by atoms with Crippen molar-refractivity contribution >= 4 is 5.91 Å². The number of aromatic nitrogens is 1. The molecule has 1 aromatic heterocycles. The van der Waals surface area contributed by atoms with Crippen LogP contribution in [-0.4, -0.2) is 17.1 Å². The Balaban J connectivity index is 2.66. The van der Waals surface area contributed by atoms with E-state index < -0.39 is 0 Å². The SMILES string of the molecule is CC[C@@H](C)NC(=O)c1cc(C(C)C)on1. The number of hydrogen-bond acceptors (Lipinski definition) is 3. The molecule has 0 spiro atoms. The standard InChI is InChI=1S/C11H18N2O2/c1-5-8(4)12-11(14)9-6-10(7(2)3)15-13-9/h6-8H,5H2,1-4H3,(H,12,14)/t8-/m1/s1. The first-order chi connectivity index (χ1) is 7.04. The summed E-state index contributed by atoms with van der Waals surface area (Å²) in [6.45, 7) is 7.97. The number of carbonyl (C=O) groups excluding carboxylic acids is 1. The van der Waals surface area contributed by atoms with Crippen LogP contribution < -0.4 is 5.32 Å². The van der Waals surface area contributed by atoms with Crippen LogP contribution in [-0.2, 0) is 0 Å². The van der Waals surface area contributed by atoms with Gasteiger partial charge in [0, 0.05) is 18.0 Å². The van der Waals surface area contributed by atoms with E-state index in [-0.39, 0.29) is 17.9 Å². The first kappa shape index (κ1) is 11.8. The highest BCUT2D eigenvalue weighted by atomic mass is 16.5. The molecule has 0 aliphatic carbocycles. The van der Waals surface area contributed by atoms with Crippen LogP contribution in [0, 0.1) is 0 Å². The van der Waals surface area contributed by atoms with E-state index >= 15 is 0 Å². The zero-order valence-corrected chi connectivity index (χ0v) is 9.70. The zero-order valence-electron chi connectivity index (χ0n) is 9.70. The number of hydrogen-bond donors (Lipinski definition) is 1. The first-order valence-corrected chi connectivity index (χ1v) is 5.32. The molecule has 0 saturated heterocycles. The van der Waals surface area contributed by atoms with Crippen LogP contribution in [0.2, 0.25) is 0 Å². The molecule has 0 aliphatic heterocycles. The maximum absolute atomic E-state index is 11.6. The van der Waals surface area contributed by atoms with Crippen molar-refractivity contribution in [3.8, 4) is 0 Å². The van der Waals surface area contributed by atoms with Gasteiger partial charge in [0.25, 0.3) is 5.91 Å². The van der Waals surface area contributed by atoms with Gasteiger partial charge in [0.05, 0.1) is 0 Å². The summed E-state index contributed by atoms with van der Waals surface area (Å²) >= 11 is 0. The van der Waals surface area contributed by atoms with Gasteiger partial charge in [-0.15, -0.1) is 0 Å². The van der Waals surface area contributed by atoms with Gasteiger partial charge in [-0.25, -0.2) is 0 Å². The Hall–Kier alpha value is -1.32. The lowest BCUT2D eigenvalue weighted by atomic mass is 10.1. The summed E-state index contributed by atoms with van der Waals surface area (Å²) in [6.07, 6.45) is 0.903. The minimum atomic E-state index is -0.167. The molecule has 15 heavy (non-hydrogen) atoms. The van der Waals surface area contributed by atoms with Crippen molar-refractivity contribution in [2.24, 2.45) is 0 Å². The third kappa shape index (κ3) is 3.08. The molecule has 1 aromatic rings. The van der Waals surface area contributed by atoms with Crippen molar-refractivity contribution in [3.05, 3.63) is 17.5 Å². The second-order valence-electron chi connectivity index (χ2n) is 4.05. The molecule has 4 heteroatoms.